The van der Waals surface area contributed by atoms with Gasteiger partial charge < -0.3 is 10.1 Å². The molecule has 0 bridgehead atoms. The highest BCUT2D eigenvalue weighted by atomic mass is 19.1. The van der Waals surface area contributed by atoms with Gasteiger partial charge in [0.25, 0.3) is 0 Å². The lowest BCUT2D eigenvalue weighted by molar-refractivity contribution is -0.0612. The molecule has 1 aromatic rings. The molecule has 1 atom stereocenters. The van der Waals surface area contributed by atoms with Crippen LogP contribution in [0.2, 0.25) is 0 Å². The standard InChI is InChI=1S/C13H20FNO/c1-13(2,3)16-12(9-15-4)10-7-5-6-8-11(10)14/h5-8,12,15H,9H2,1-4H3. The molecular formula is C13H20FNO. The summed E-state index contributed by atoms with van der Waals surface area (Å²) in [5.74, 6) is -0.216. The zero-order chi connectivity index (χ0) is 12.2. The van der Waals surface area contributed by atoms with Gasteiger partial charge in [0.2, 0.25) is 0 Å². The van der Waals surface area contributed by atoms with E-state index in [1.807, 2.05) is 33.9 Å². The first-order chi connectivity index (χ1) is 7.44. The topological polar surface area (TPSA) is 21.3 Å². The number of benzene rings is 1. The van der Waals surface area contributed by atoms with Crippen LogP contribution in [-0.2, 0) is 4.74 Å². The lowest BCUT2D eigenvalue weighted by atomic mass is 10.1. The van der Waals surface area contributed by atoms with Gasteiger partial charge in [0.15, 0.2) is 0 Å². The lowest BCUT2D eigenvalue weighted by Gasteiger charge is -2.28. The lowest BCUT2D eigenvalue weighted by Crippen LogP contribution is -2.29. The number of ether oxygens (including phenoxy) is 1. The summed E-state index contributed by atoms with van der Waals surface area (Å²) in [6, 6.07) is 6.74. The van der Waals surface area contributed by atoms with Crippen LogP contribution >= 0.6 is 0 Å². The van der Waals surface area contributed by atoms with Gasteiger partial charge in [-0.25, -0.2) is 4.39 Å². The molecule has 0 aliphatic heterocycles. The van der Waals surface area contributed by atoms with Crippen LogP contribution in [0.4, 0.5) is 4.39 Å². The fraction of sp³-hybridized carbons (Fsp3) is 0.538. The van der Waals surface area contributed by atoms with Gasteiger partial charge in [0.05, 0.1) is 11.7 Å². The number of halogens is 1. The first kappa shape index (κ1) is 13.1. The SMILES string of the molecule is CNCC(OC(C)(C)C)c1ccccc1F. The van der Waals surface area contributed by atoms with Crippen molar-refractivity contribution in [3.63, 3.8) is 0 Å². The Morgan fingerprint density at radius 1 is 1.31 bits per heavy atom. The molecule has 0 aliphatic carbocycles. The molecule has 3 heteroatoms. The monoisotopic (exact) mass is 225 g/mol. The van der Waals surface area contributed by atoms with E-state index >= 15 is 0 Å². The average Bonchev–Trinajstić information content (AvgIpc) is 2.16. The number of likely N-dealkylation sites (N-methyl/N-ethyl adjacent to an activating group) is 1. The fourth-order valence-corrected chi connectivity index (χ4v) is 1.56. The summed E-state index contributed by atoms with van der Waals surface area (Å²) in [6.45, 7) is 6.50. The van der Waals surface area contributed by atoms with E-state index in [1.165, 1.54) is 6.07 Å². The molecule has 0 aromatic heterocycles. The molecule has 90 valence electrons. The number of hydrogen-bond donors (Lipinski definition) is 1. The van der Waals surface area contributed by atoms with E-state index in [2.05, 4.69) is 5.32 Å². The minimum atomic E-state index is -0.288. The van der Waals surface area contributed by atoms with Gasteiger partial charge in [-0.15, -0.1) is 0 Å². The highest BCUT2D eigenvalue weighted by Gasteiger charge is 2.21. The molecule has 0 fully saturated rings. The quantitative estimate of drug-likeness (QED) is 0.850. The Balaban J connectivity index is 2.89. The predicted octanol–water partition coefficient (Wildman–Crippen LogP) is 2.90. The summed E-state index contributed by atoms with van der Waals surface area (Å²) in [7, 11) is 1.83. The molecular weight excluding hydrogens is 205 g/mol. The van der Waals surface area contributed by atoms with Crippen LogP contribution in [0.25, 0.3) is 0 Å². The molecule has 0 saturated heterocycles. The third kappa shape index (κ3) is 3.91. The summed E-state index contributed by atoms with van der Waals surface area (Å²) in [5, 5.41) is 3.02. The van der Waals surface area contributed by atoms with Crippen molar-refractivity contribution in [2.24, 2.45) is 0 Å². The van der Waals surface area contributed by atoms with Crippen LogP contribution in [0.5, 0.6) is 0 Å². The van der Waals surface area contributed by atoms with Crippen molar-refractivity contribution >= 4 is 0 Å². The molecule has 0 aliphatic rings. The van der Waals surface area contributed by atoms with Crippen LogP contribution in [0.1, 0.15) is 32.4 Å². The van der Waals surface area contributed by atoms with E-state index < -0.39 is 0 Å². The Kier molecular flexibility index (Phi) is 4.44. The van der Waals surface area contributed by atoms with Crippen LogP contribution < -0.4 is 5.32 Å². The van der Waals surface area contributed by atoms with Gasteiger partial charge in [0.1, 0.15) is 5.82 Å². The van der Waals surface area contributed by atoms with Crippen molar-refractivity contribution in [1.82, 2.24) is 5.32 Å². The molecule has 1 rings (SSSR count). The number of rotatable bonds is 4. The van der Waals surface area contributed by atoms with E-state index in [4.69, 9.17) is 4.74 Å². The summed E-state index contributed by atoms with van der Waals surface area (Å²) < 4.78 is 19.5. The van der Waals surface area contributed by atoms with Crippen LogP contribution in [0.15, 0.2) is 24.3 Å². The van der Waals surface area contributed by atoms with Crippen molar-refractivity contribution in [3.05, 3.63) is 35.6 Å². The third-order valence-corrected chi connectivity index (χ3v) is 2.14. The van der Waals surface area contributed by atoms with Gasteiger partial charge in [-0.1, -0.05) is 18.2 Å². The van der Waals surface area contributed by atoms with Gasteiger partial charge in [-0.05, 0) is 33.9 Å². The Morgan fingerprint density at radius 3 is 2.44 bits per heavy atom. The van der Waals surface area contributed by atoms with Crippen LogP contribution in [0, 0.1) is 5.82 Å². The van der Waals surface area contributed by atoms with Crippen LogP contribution in [0.3, 0.4) is 0 Å². The Morgan fingerprint density at radius 2 is 1.94 bits per heavy atom. The van der Waals surface area contributed by atoms with Crippen molar-refractivity contribution in [2.75, 3.05) is 13.6 Å². The van der Waals surface area contributed by atoms with Crippen molar-refractivity contribution in [1.29, 1.82) is 0 Å². The molecule has 0 heterocycles. The van der Waals surface area contributed by atoms with Gasteiger partial charge in [-0.3, -0.25) is 0 Å². The van der Waals surface area contributed by atoms with Gasteiger partial charge in [-0.2, -0.15) is 0 Å². The first-order valence-electron chi connectivity index (χ1n) is 5.51. The average molecular weight is 225 g/mol. The fourth-order valence-electron chi connectivity index (χ4n) is 1.56. The molecule has 0 saturated carbocycles. The Hall–Kier alpha value is -0.930. The molecule has 1 N–H and O–H groups in total. The predicted molar refractivity (Wildman–Crippen MR) is 63.9 cm³/mol. The molecule has 2 nitrogen and oxygen atoms in total. The third-order valence-electron chi connectivity index (χ3n) is 2.14. The summed E-state index contributed by atoms with van der Waals surface area (Å²) in [6.07, 6.45) is -0.258. The maximum atomic E-state index is 13.6. The molecule has 0 amide bonds. The van der Waals surface area contributed by atoms with E-state index in [-0.39, 0.29) is 17.5 Å². The van der Waals surface area contributed by atoms with E-state index in [0.29, 0.717) is 12.1 Å². The first-order valence-corrected chi connectivity index (χ1v) is 5.51. The maximum absolute atomic E-state index is 13.6. The highest BCUT2D eigenvalue weighted by molar-refractivity contribution is 5.20. The zero-order valence-corrected chi connectivity index (χ0v) is 10.4. The van der Waals surface area contributed by atoms with Crippen molar-refractivity contribution in [3.8, 4) is 0 Å². The van der Waals surface area contributed by atoms with E-state index in [0.717, 1.165) is 0 Å². The molecule has 0 spiro atoms. The summed E-state index contributed by atoms with van der Waals surface area (Å²) in [5.41, 5.74) is 0.316. The summed E-state index contributed by atoms with van der Waals surface area (Å²) >= 11 is 0. The second-order valence-corrected chi connectivity index (χ2v) is 4.80. The molecule has 1 aromatic carbocycles. The van der Waals surface area contributed by atoms with Gasteiger partial charge in [0, 0.05) is 12.1 Å². The highest BCUT2D eigenvalue weighted by Crippen LogP contribution is 2.25. The second kappa shape index (κ2) is 5.41. The van der Waals surface area contributed by atoms with Crippen molar-refractivity contribution < 1.29 is 9.13 Å². The Labute approximate surface area is 96.8 Å². The number of nitrogens with one attached hydrogen (secondary N) is 1. The summed E-state index contributed by atoms with van der Waals surface area (Å²) in [4.78, 5) is 0. The molecule has 1 unspecified atom stereocenters. The minimum Gasteiger partial charge on any atom is -0.367 e. The smallest absolute Gasteiger partial charge is 0.129 e. The van der Waals surface area contributed by atoms with E-state index in [9.17, 15) is 4.39 Å². The maximum Gasteiger partial charge on any atom is 0.129 e. The van der Waals surface area contributed by atoms with Gasteiger partial charge >= 0.3 is 0 Å². The minimum absolute atomic E-state index is 0.216. The van der Waals surface area contributed by atoms with E-state index in [1.54, 1.807) is 12.1 Å². The molecule has 16 heavy (non-hydrogen) atoms. The Bertz CT molecular complexity index is 333. The molecule has 0 radical (unpaired) electrons. The zero-order valence-electron chi connectivity index (χ0n) is 10.4. The normalized spacial score (nSPS) is 13.8. The van der Waals surface area contributed by atoms with Crippen molar-refractivity contribution in [2.45, 2.75) is 32.5 Å². The number of hydrogen-bond acceptors (Lipinski definition) is 2. The largest absolute Gasteiger partial charge is 0.367 e. The van der Waals surface area contributed by atoms with Crippen LogP contribution in [-0.4, -0.2) is 19.2 Å². The second-order valence-electron chi connectivity index (χ2n) is 4.80.